The van der Waals surface area contributed by atoms with Gasteiger partial charge in [-0.15, -0.1) is 0 Å². The van der Waals surface area contributed by atoms with Gasteiger partial charge >= 0.3 is 0 Å². The number of furan rings is 1. The molecule has 4 rings (SSSR count). The minimum atomic E-state index is 0.0661. The first-order valence-corrected chi connectivity index (χ1v) is 11.6. The molecule has 2 aromatic rings. The van der Waals surface area contributed by atoms with E-state index in [0.717, 1.165) is 74.3 Å². The van der Waals surface area contributed by atoms with Gasteiger partial charge in [-0.3, -0.25) is 4.79 Å². The van der Waals surface area contributed by atoms with Gasteiger partial charge in [-0.05, 0) is 31.9 Å². The van der Waals surface area contributed by atoms with Crippen molar-refractivity contribution in [3.63, 3.8) is 0 Å². The van der Waals surface area contributed by atoms with Gasteiger partial charge in [0.05, 0.1) is 24.3 Å². The quantitative estimate of drug-likeness (QED) is 0.777. The van der Waals surface area contributed by atoms with Crippen LogP contribution in [0.5, 0.6) is 0 Å². The first-order chi connectivity index (χ1) is 14.2. The molecule has 2 aliphatic rings. The predicted octanol–water partition coefficient (Wildman–Crippen LogP) is 2.59. The van der Waals surface area contributed by atoms with E-state index in [1.54, 1.807) is 6.26 Å². The normalized spacial score (nSPS) is 19.2. The highest BCUT2D eigenvalue weighted by Crippen LogP contribution is 2.24. The van der Waals surface area contributed by atoms with Gasteiger partial charge < -0.3 is 19.5 Å². The Kier molecular flexibility index (Phi) is 6.59. The van der Waals surface area contributed by atoms with Gasteiger partial charge in [0.1, 0.15) is 5.76 Å². The van der Waals surface area contributed by atoms with Crippen molar-refractivity contribution in [2.45, 2.75) is 32.2 Å². The van der Waals surface area contributed by atoms with Gasteiger partial charge in [0.15, 0.2) is 0 Å². The smallest absolute Gasteiger partial charge is 0.225 e. The van der Waals surface area contributed by atoms with E-state index in [-0.39, 0.29) is 17.9 Å². The van der Waals surface area contributed by atoms with Crippen LogP contribution in [0.1, 0.15) is 25.5 Å². The summed E-state index contributed by atoms with van der Waals surface area (Å²) in [4.78, 5) is 26.3. The van der Waals surface area contributed by atoms with Crippen LogP contribution < -0.4 is 15.1 Å². The maximum Gasteiger partial charge on any atom is 0.225 e. The number of rotatable bonds is 6. The minimum absolute atomic E-state index is 0.0661. The molecule has 156 valence electrons. The molecule has 2 aliphatic heterocycles. The second-order valence-electron chi connectivity index (χ2n) is 7.80. The number of aromatic nitrogens is 2. The van der Waals surface area contributed by atoms with E-state index in [4.69, 9.17) is 4.42 Å². The Hall–Kier alpha value is -2.22. The summed E-state index contributed by atoms with van der Waals surface area (Å²) in [5.74, 6) is 4.23. The lowest BCUT2D eigenvalue weighted by Crippen LogP contribution is -2.43. The third kappa shape index (κ3) is 5.23. The number of nitrogens with zero attached hydrogens (tertiary/aromatic N) is 4. The first-order valence-electron chi connectivity index (χ1n) is 10.4. The highest BCUT2D eigenvalue weighted by atomic mass is 32.2. The van der Waals surface area contributed by atoms with E-state index < -0.39 is 0 Å². The van der Waals surface area contributed by atoms with Crippen molar-refractivity contribution in [1.29, 1.82) is 0 Å². The molecule has 8 heteroatoms. The summed E-state index contributed by atoms with van der Waals surface area (Å²) in [7, 11) is 0. The van der Waals surface area contributed by atoms with Crippen molar-refractivity contribution in [2.75, 3.05) is 47.5 Å². The van der Waals surface area contributed by atoms with Crippen LogP contribution in [-0.4, -0.2) is 59.6 Å². The fraction of sp³-hybridized carbons (Fsp3) is 0.571. The fourth-order valence-corrected chi connectivity index (χ4v) is 4.85. The summed E-state index contributed by atoms with van der Waals surface area (Å²) >= 11 is 1.98. The molecule has 2 fully saturated rings. The zero-order chi connectivity index (χ0) is 20.1. The number of carbonyl (C=O) groups excluding carboxylic acids is 1. The number of anilines is 2. The number of thioether (sulfide) groups is 1. The second kappa shape index (κ2) is 9.52. The van der Waals surface area contributed by atoms with Crippen molar-refractivity contribution in [1.82, 2.24) is 15.3 Å². The van der Waals surface area contributed by atoms with Crippen LogP contribution in [0.15, 0.2) is 35.2 Å². The molecule has 0 aromatic carbocycles. The Morgan fingerprint density at radius 1 is 1.21 bits per heavy atom. The molecule has 0 radical (unpaired) electrons. The molecule has 0 aliphatic carbocycles. The average molecular weight is 416 g/mol. The van der Waals surface area contributed by atoms with E-state index in [0.29, 0.717) is 0 Å². The third-order valence-electron chi connectivity index (χ3n) is 5.63. The maximum atomic E-state index is 12.6. The Bertz CT molecular complexity index is 769. The van der Waals surface area contributed by atoms with Crippen LogP contribution in [0.25, 0.3) is 0 Å². The summed E-state index contributed by atoms with van der Waals surface area (Å²) in [5.41, 5.74) is 1.05. The molecule has 0 saturated carbocycles. The second-order valence-corrected chi connectivity index (χ2v) is 9.02. The van der Waals surface area contributed by atoms with Crippen LogP contribution in [0.2, 0.25) is 0 Å². The number of hydrogen-bond acceptors (Lipinski definition) is 7. The molecule has 2 aromatic heterocycles. The monoisotopic (exact) mass is 415 g/mol. The summed E-state index contributed by atoms with van der Waals surface area (Å²) in [6.45, 7) is 5.77. The van der Waals surface area contributed by atoms with Crippen molar-refractivity contribution < 1.29 is 9.21 Å². The van der Waals surface area contributed by atoms with E-state index in [9.17, 15) is 4.79 Å². The Balaban J connectivity index is 1.25. The van der Waals surface area contributed by atoms with Crippen LogP contribution in [0.4, 0.5) is 11.6 Å². The van der Waals surface area contributed by atoms with E-state index in [1.807, 2.05) is 43.2 Å². The highest BCUT2D eigenvalue weighted by Gasteiger charge is 2.26. The SMILES string of the molecule is CC(Cc1ccco1)NC(=O)C1CCN(c2cnc(N3CCSCC3)nc2)CC1. The highest BCUT2D eigenvalue weighted by molar-refractivity contribution is 7.99. The van der Waals surface area contributed by atoms with E-state index in [1.165, 1.54) is 0 Å². The molecule has 29 heavy (non-hydrogen) atoms. The van der Waals surface area contributed by atoms with Crippen molar-refractivity contribution in [2.24, 2.45) is 5.92 Å². The summed E-state index contributed by atoms with van der Waals surface area (Å²) in [5, 5.41) is 3.14. The Labute approximate surface area is 176 Å². The van der Waals surface area contributed by atoms with Gasteiger partial charge in [-0.2, -0.15) is 11.8 Å². The Morgan fingerprint density at radius 3 is 2.59 bits per heavy atom. The molecule has 1 N–H and O–H groups in total. The van der Waals surface area contributed by atoms with Gasteiger partial charge in [0.25, 0.3) is 0 Å². The number of amides is 1. The standard InChI is InChI=1S/C21H29N5O2S/c1-16(13-19-3-2-10-28-19)24-20(27)17-4-6-25(7-5-17)18-14-22-21(23-15-18)26-8-11-29-12-9-26/h2-3,10,14-17H,4-9,11-13H2,1H3,(H,24,27). The molecule has 0 bridgehead atoms. The van der Waals surface area contributed by atoms with Crippen molar-refractivity contribution >= 4 is 29.3 Å². The van der Waals surface area contributed by atoms with Crippen LogP contribution in [0, 0.1) is 5.92 Å². The summed E-state index contributed by atoms with van der Waals surface area (Å²) < 4.78 is 5.37. The number of piperidine rings is 1. The lowest BCUT2D eigenvalue weighted by Gasteiger charge is -2.33. The van der Waals surface area contributed by atoms with Crippen molar-refractivity contribution in [3.8, 4) is 0 Å². The molecule has 0 spiro atoms. The zero-order valence-corrected chi connectivity index (χ0v) is 17.7. The predicted molar refractivity (Wildman–Crippen MR) is 117 cm³/mol. The summed E-state index contributed by atoms with van der Waals surface area (Å²) in [6.07, 6.45) is 7.94. The van der Waals surface area contributed by atoms with Crippen LogP contribution >= 0.6 is 11.8 Å². The van der Waals surface area contributed by atoms with E-state index >= 15 is 0 Å². The molecule has 1 amide bonds. The number of nitrogens with one attached hydrogen (secondary N) is 1. The van der Waals surface area contributed by atoms with Gasteiger partial charge in [-0.25, -0.2) is 9.97 Å². The maximum absolute atomic E-state index is 12.6. The third-order valence-corrected chi connectivity index (χ3v) is 6.57. The lowest BCUT2D eigenvalue weighted by atomic mass is 9.95. The topological polar surface area (TPSA) is 74.5 Å². The van der Waals surface area contributed by atoms with Crippen LogP contribution in [-0.2, 0) is 11.2 Å². The molecule has 1 atom stereocenters. The Morgan fingerprint density at radius 2 is 1.93 bits per heavy atom. The molecular weight excluding hydrogens is 386 g/mol. The van der Waals surface area contributed by atoms with E-state index in [2.05, 4.69) is 25.1 Å². The fourth-order valence-electron chi connectivity index (χ4n) is 3.95. The van der Waals surface area contributed by atoms with Crippen LogP contribution in [0.3, 0.4) is 0 Å². The average Bonchev–Trinajstić information content (AvgIpc) is 3.27. The number of carbonyl (C=O) groups is 1. The van der Waals surface area contributed by atoms with Crippen molar-refractivity contribution in [3.05, 3.63) is 36.5 Å². The molecule has 1 unspecified atom stereocenters. The van der Waals surface area contributed by atoms with Gasteiger partial charge in [-0.1, -0.05) is 0 Å². The minimum Gasteiger partial charge on any atom is -0.469 e. The zero-order valence-electron chi connectivity index (χ0n) is 16.9. The molecule has 4 heterocycles. The van der Waals surface area contributed by atoms with Gasteiger partial charge in [0, 0.05) is 56.1 Å². The largest absolute Gasteiger partial charge is 0.469 e. The molecule has 2 saturated heterocycles. The van der Waals surface area contributed by atoms with Gasteiger partial charge in [0.2, 0.25) is 11.9 Å². The molecule has 7 nitrogen and oxygen atoms in total. The summed E-state index contributed by atoms with van der Waals surface area (Å²) in [6, 6.07) is 3.89. The first kappa shape index (κ1) is 20.1. The molecular formula is C21H29N5O2S. The lowest BCUT2D eigenvalue weighted by molar-refractivity contribution is -0.126. The number of hydrogen-bond donors (Lipinski definition) is 1.